The molecule has 0 radical (unpaired) electrons. The SMILES string of the molecule is Cc1ccc(S(=O)(=O)OCC2(C)CN(C(=O)OC(C)(C)C)CCO2)cc1. The lowest BCUT2D eigenvalue weighted by molar-refractivity contribution is -0.114. The fourth-order valence-electron chi connectivity index (χ4n) is 2.48. The molecule has 7 nitrogen and oxygen atoms in total. The maximum Gasteiger partial charge on any atom is 0.410 e. The minimum Gasteiger partial charge on any atom is -0.444 e. The first kappa shape index (κ1) is 20.7. The predicted molar refractivity (Wildman–Crippen MR) is 96.5 cm³/mol. The van der Waals surface area contributed by atoms with Crippen molar-refractivity contribution < 1.29 is 26.9 Å². The summed E-state index contributed by atoms with van der Waals surface area (Å²) >= 11 is 0. The Morgan fingerprint density at radius 1 is 1.27 bits per heavy atom. The van der Waals surface area contributed by atoms with Crippen LogP contribution in [0.15, 0.2) is 29.2 Å². The molecule has 1 aliphatic rings. The third kappa shape index (κ3) is 5.69. The molecule has 0 N–H and O–H groups in total. The van der Waals surface area contributed by atoms with E-state index in [1.165, 1.54) is 17.0 Å². The third-order valence-electron chi connectivity index (χ3n) is 3.82. The van der Waals surface area contributed by atoms with Crippen molar-refractivity contribution in [3.63, 3.8) is 0 Å². The molecule has 1 aliphatic heterocycles. The summed E-state index contributed by atoms with van der Waals surface area (Å²) in [5.41, 5.74) is -0.580. The van der Waals surface area contributed by atoms with E-state index in [1.54, 1.807) is 39.8 Å². The molecule has 0 saturated carbocycles. The van der Waals surface area contributed by atoms with Crippen molar-refractivity contribution in [3.05, 3.63) is 29.8 Å². The van der Waals surface area contributed by atoms with Gasteiger partial charge in [-0.25, -0.2) is 4.79 Å². The Morgan fingerprint density at radius 2 is 1.88 bits per heavy atom. The lowest BCUT2D eigenvalue weighted by Crippen LogP contribution is -2.55. The molecule has 1 aromatic carbocycles. The van der Waals surface area contributed by atoms with Gasteiger partial charge in [-0.05, 0) is 46.8 Å². The molecule has 1 aromatic rings. The number of aryl methyl sites for hydroxylation is 1. The van der Waals surface area contributed by atoms with E-state index in [-0.39, 0.29) is 24.7 Å². The molecule has 2 rings (SSSR count). The number of carbonyl (C=O) groups is 1. The summed E-state index contributed by atoms with van der Waals surface area (Å²) in [6.45, 7) is 9.63. The van der Waals surface area contributed by atoms with Crippen LogP contribution in [0.5, 0.6) is 0 Å². The van der Waals surface area contributed by atoms with Gasteiger partial charge in [0.15, 0.2) is 0 Å². The van der Waals surface area contributed by atoms with E-state index in [0.29, 0.717) is 6.54 Å². The molecule has 26 heavy (non-hydrogen) atoms. The number of amides is 1. The van der Waals surface area contributed by atoms with E-state index in [2.05, 4.69) is 0 Å². The number of hydrogen-bond acceptors (Lipinski definition) is 6. The van der Waals surface area contributed by atoms with Gasteiger partial charge in [0, 0.05) is 6.54 Å². The standard InChI is InChI=1S/C18H27NO6S/c1-14-6-8-15(9-7-14)26(21,22)24-13-18(5)12-19(10-11-23-18)16(20)25-17(2,3)4/h6-9H,10-13H2,1-5H3. The number of hydrogen-bond donors (Lipinski definition) is 0. The van der Waals surface area contributed by atoms with Crippen molar-refractivity contribution in [1.82, 2.24) is 4.90 Å². The van der Waals surface area contributed by atoms with Crippen LogP contribution in [0.3, 0.4) is 0 Å². The quantitative estimate of drug-likeness (QED) is 0.741. The normalized spacial score (nSPS) is 21.5. The van der Waals surface area contributed by atoms with Gasteiger partial charge in [0.05, 0.1) is 24.7 Å². The second-order valence-corrected chi connectivity index (χ2v) is 9.34. The Bertz CT molecular complexity index is 738. The van der Waals surface area contributed by atoms with Crippen molar-refractivity contribution in [2.24, 2.45) is 0 Å². The first-order valence-corrected chi connectivity index (χ1v) is 9.89. The summed E-state index contributed by atoms with van der Waals surface area (Å²) in [6.07, 6.45) is -0.451. The Balaban J connectivity index is 2.01. The van der Waals surface area contributed by atoms with Crippen LogP contribution < -0.4 is 0 Å². The van der Waals surface area contributed by atoms with Crippen molar-refractivity contribution in [1.29, 1.82) is 0 Å². The molecule has 1 fully saturated rings. The summed E-state index contributed by atoms with van der Waals surface area (Å²) in [5, 5.41) is 0. The minimum atomic E-state index is -3.90. The van der Waals surface area contributed by atoms with E-state index in [4.69, 9.17) is 13.7 Å². The van der Waals surface area contributed by atoms with E-state index < -0.39 is 27.4 Å². The molecule has 8 heteroatoms. The average molecular weight is 385 g/mol. The summed E-state index contributed by atoms with van der Waals surface area (Å²) in [7, 11) is -3.90. The topological polar surface area (TPSA) is 82.1 Å². The van der Waals surface area contributed by atoms with Gasteiger partial charge in [-0.1, -0.05) is 17.7 Å². The van der Waals surface area contributed by atoms with Gasteiger partial charge in [-0.2, -0.15) is 8.42 Å². The average Bonchev–Trinajstić information content (AvgIpc) is 2.52. The van der Waals surface area contributed by atoms with Crippen molar-refractivity contribution in [3.8, 4) is 0 Å². The minimum absolute atomic E-state index is 0.0894. The Kier molecular flexibility index (Phi) is 5.99. The zero-order chi connectivity index (χ0) is 19.6. The Morgan fingerprint density at radius 3 is 2.46 bits per heavy atom. The maximum atomic E-state index is 12.3. The lowest BCUT2D eigenvalue weighted by atomic mass is 10.1. The monoisotopic (exact) mass is 385 g/mol. The molecule has 1 unspecified atom stereocenters. The van der Waals surface area contributed by atoms with Crippen molar-refractivity contribution in [2.45, 2.75) is 50.7 Å². The second kappa shape index (κ2) is 7.54. The Hall–Kier alpha value is -1.64. The first-order valence-electron chi connectivity index (χ1n) is 8.48. The molecule has 0 bridgehead atoms. The van der Waals surface area contributed by atoms with Crippen LogP contribution in [0.4, 0.5) is 4.79 Å². The molecular formula is C18H27NO6S. The van der Waals surface area contributed by atoms with Crippen LogP contribution in [0.2, 0.25) is 0 Å². The van der Waals surface area contributed by atoms with Gasteiger partial charge in [0.1, 0.15) is 11.2 Å². The third-order valence-corrected chi connectivity index (χ3v) is 5.10. The van der Waals surface area contributed by atoms with Crippen LogP contribution >= 0.6 is 0 Å². The maximum absolute atomic E-state index is 12.3. The molecule has 0 aliphatic carbocycles. The van der Waals surface area contributed by atoms with Gasteiger partial charge >= 0.3 is 6.09 Å². The number of ether oxygens (including phenoxy) is 2. The molecule has 146 valence electrons. The van der Waals surface area contributed by atoms with Crippen molar-refractivity contribution in [2.75, 3.05) is 26.3 Å². The molecule has 1 amide bonds. The fourth-order valence-corrected chi connectivity index (χ4v) is 3.49. The number of nitrogens with zero attached hydrogens (tertiary/aromatic N) is 1. The molecule has 0 spiro atoms. The largest absolute Gasteiger partial charge is 0.444 e. The highest BCUT2D eigenvalue weighted by Gasteiger charge is 2.37. The van der Waals surface area contributed by atoms with Gasteiger partial charge in [0.2, 0.25) is 0 Å². The highest BCUT2D eigenvalue weighted by Crippen LogP contribution is 2.23. The summed E-state index contributed by atoms with van der Waals surface area (Å²) in [4.78, 5) is 13.8. The predicted octanol–water partition coefficient (Wildman–Crippen LogP) is 2.73. The van der Waals surface area contributed by atoms with Crippen molar-refractivity contribution >= 4 is 16.2 Å². The molecule has 1 saturated heterocycles. The molecular weight excluding hydrogens is 358 g/mol. The Labute approximate surface area is 155 Å². The lowest BCUT2D eigenvalue weighted by Gasteiger charge is -2.40. The van der Waals surface area contributed by atoms with Crippen LogP contribution in [-0.2, 0) is 23.8 Å². The van der Waals surface area contributed by atoms with Gasteiger partial charge in [-0.15, -0.1) is 0 Å². The van der Waals surface area contributed by atoms with Gasteiger partial charge in [0.25, 0.3) is 10.1 Å². The molecule has 1 atom stereocenters. The van der Waals surface area contributed by atoms with Gasteiger partial charge in [-0.3, -0.25) is 4.18 Å². The summed E-state index contributed by atoms with van der Waals surface area (Å²) in [5.74, 6) is 0. The second-order valence-electron chi connectivity index (χ2n) is 7.73. The van der Waals surface area contributed by atoms with Crippen LogP contribution in [0, 0.1) is 6.92 Å². The van der Waals surface area contributed by atoms with Crippen LogP contribution in [0.25, 0.3) is 0 Å². The number of rotatable bonds is 4. The van der Waals surface area contributed by atoms with Gasteiger partial charge < -0.3 is 14.4 Å². The van der Waals surface area contributed by atoms with E-state index >= 15 is 0 Å². The van der Waals surface area contributed by atoms with E-state index in [0.717, 1.165) is 5.56 Å². The fraction of sp³-hybridized carbons (Fsp3) is 0.611. The van der Waals surface area contributed by atoms with Crippen LogP contribution in [-0.4, -0.2) is 56.9 Å². The number of morpholine rings is 1. The van der Waals surface area contributed by atoms with E-state index in [1.807, 2.05) is 6.92 Å². The van der Waals surface area contributed by atoms with Crippen LogP contribution in [0.1, 0.15) is 33.3 Å². The highest BCUT2D eigenvalue weighted by atomic mass is 32.2. The van der Waals surface area contributed by atoms with E-state index in [9.17, 15) is 13.2 Å². The summed E-state index contributed by atoms with van der Waals surface area (Å²) in [6, 6.07) is 6.42. The zero-order valence-corrected chi connectivity index (χ0v) is 16.8. The number of carbonyl (C=O) groups excluding carboxylic acids is 1. The molecule has 0 aromatic heterocycles. The first-order chi connectivity index (χ1) is 11.9. The summed E-state index contributed by atoms with van der Waals surface area (Å²) < 4.78 is 40.9. The smallest absolute Gasteiger partial charge is 0.410 e. The zero-order valence-electron chi connectivity index (χ0n) is 15.9. The number of benzene rings is 1. The molecule has 1 heterocycles. The highest BCUT2D eigenvalue weighted by molar-refractivity contribution is 7.86.